The Labute approximate surface area is 869 Å². The molecule has 0 radical (unpaired) electrons. The molecule has 48 nitrogen and oxygen atoms in total. The molecule has 4 saturated carbocycles. The number of aliphatic hydroxyl groups is 25. The van der Waals surface area contributed by atoms with E-state index >= 15 is 9.59 Å². The molecule has 9 heterocycles. The van der Waals surface area contributed by atoms with E-state index in [9.17, 15) is 132 Å². The van der Waals surface area contributed by atoms with Gasteiger partial charge in [0.15, 0.2) is 62.5 Å². The van der Waals surface area contributed by atoms with Crippen LogP contribution in [0.1, 0.15) is 181 Å². The Balaban J connectivity index is 0.710. The summed E-state index contributed by atoms with van der Waals surface area (Å²) in [4.78, 5) is 45.4. The van der Waals surface area contributed by atoms with Gasteiger partial charge < -0.3 is 222 Å². The average molecular weight is 2160 g/mol. The van der Waals surface area contributed by atoms with Crippen molar-refractivity contribution in [2.75, 3.05) is 33.0 Å². The number of rotatable bonds is 33. The molecule has 13 fully saturated rings. The number of carbonyl (C=O) groups excluding carboxylic acids is 3. The number of allylic oxidation sites excluding steroid dienone is 4. The first-order valence-corrected chi connectivity index (χ1v) is 52.1. The van der Waals surface area contributed by atoms with Crippen LogP contribution in [0, 0.1) is 50.2 Å². The molecular weight excluding hydrogens is 1990 g/mol. The molecule has 48 heteroatoms. The van der Waals surface area contributed by atoms with Crippen LogP contribution in [0.5, 0.6) is 0 Å². The number of esters is 3. The number of ether oxygens (including phenoxy) is 20. The van der Waals surface area contributed by atoms with E-state index in [1.165, 1.54) is 53.7 Å². The standard InChI is InChI=1S/C102H162O48/c1-18-97(13,149-89-75(125)65(115)58(108)42(5)134-89)29-21-23-41(4)84(129)143-78-44(7)137-90(77(127)71(78)121)150-98(14,19-2)28-20-22-40(3)83(128)141-57-34-102(94(130)148-93-82(68(118)63(113)51(36-104)139-93)146-87-76(126)70(120)79(45(8)136-87)144-85-72(122)60(110)48(105)37-131-85)47(32-95(57,9)10)46-24-25-54-99(15)30-27-56(96(11,12)53(99)26-31-100(54,16)101(46,17)33-55(102)107)142-92-81(147-88-74(124)66(116)62(112)50(35-103)138-88)69(119)64(114)52(140-92)39-133-91-80(67(117)59(109)43(6)135-91)145-86-73(123)61(111)49(106)38-132-86/h18-19,22-24,42-45,47-82,85-93,103-127H,1-2,20-21,25-39H2,3-17H3/b40-22+,41-23+/t42-,43-,44-,45-,47+,48-,49+,50-,51-,52-,53+,54-,55-,56+,57+,58-,59+,60+,61+,62-,63-,64-,65+,66+,67+,68+,69+,70-,71-,72-,73-,74-,75-,76+,77-,78-,79-,80-,81-,82-,85+,86+,87-,88+,89+,90+,91-,92+,93+,97+,98-,99+,100-,101-,102-/m1/s1. The van der Waals surface area contributed by atoms with E-state index in [1.807, 2.05) is 27.7 Å². The van der Waals surface area contributed by atoms with Crippen LogP contribution in [-0.4, -0.2) is 472 Å². The van der Waals surface area contributed by atoms with E-state index in [4.69, 9.17) is 94.7 Å². The lowest BCUT2D eigenvalue weighted by Crippen LogP contribution is -2.70. The van der Waals surface area contributed by atoms with Gasteiger partial charge in [-0.25, -0.2) is 9.59 Å². The Morgan fingerprint density at radius 2 is 0.833 bits per heavy atom. The Kier molecular flexibility index (Phi) is 38.2. The highest BCUT2D eigenvalue weighted by Crippen LogP contribution is 2.77. The van der Waals surface area contributed by atoms with Gasteiger partial charge in [-0.1, -0.05) is 84.4 Å². The van der Waals surface area contributed by atoms with Gasteiger partial charge in [-0.3, -0.25) is 4.79 Å². The fraction of sp³-hybridized carbons (Fsp3) is 0.873. The summed E-state index contributed by atoms with van der Waals surface area (Å²) in [6.07, 6.45) is -67.2. The van der Waals surface area contributed by atoms with E-state index in [-0.39, 0.29) is 67.9 Å². The minimum absolute atomic E-state index is 0.00236. The zero-order chi connectivity index (χ0) is 110. The molecule has 150 heavy (non-hydrogen) atoms. The molecule has 858 valence electrons. The molecule has 0 unspecified atom stereocenters. The maximum Gasteiger partial charge on any atom is 0.333 e. The molecule has 5 aliphatic carbocycles. The van der Waals surface area contributed by atoms with E-state index in [2.05, 4.69) is 40.0 Å². The minimum Gasteiger partial charge on any atom is -0.458 e. The van der Waals surface area contributed by atoms with Crippen LogP contribution in [0.2, 0.25) is 0 Å². The van der Waals surface area contributed by atoms with Crippen LogP contribution in [0.4, 0.5) is 0 Å². The van der Waals surface area contributed by atoms with Gasteiger partial charge in [-0.15, -0.1) is 13.2 Å². The van der Waals surface area contributed by atoms with Gasteiger partial charge in [-0.2, -0.15) is 0 Å². The molecule has 14 rings (SSSR count). The Bertz CT molecular complexity index is 4640. The summed E-state index contributed by atoms with van der Waals surface area (Å²) in [6.45, 7) is 30.4. The van der Waals surface area contributed by atoms with Crippen LogP contribution in [-0.2, 0) is 109 Å². The quantitative estimate of drug-likeness (QED) is 0.00960. The Morgan fingerprint density at radius 3 is 1.39 bits per heavy atom. The summed E-state index contributed by atoms with van der Waals surface area (Å²) in [7, 11) is 0. The average Bonchev–Trinajstić information content (AvgIpc) is 0.665. The first-order valence-electron chi connectivity index (χ1n) is 52.1. The predicted molar refractivity (Wildman–Crippen MR) is 506 cm³/mol. The second kappa shape index (κ2) is 47.4. The topological polar surface area (TPSA) is 742 Å². The molecule has 0 aromatic heterocycles. The second-order valence-corrected chi connectivity index (χ2v) is 46.2. The summed E-state index contributed by atoms with van der Waals surface area (Å²) in [5.41, 5.74) is -8.17. The number of aliphatic hydroxyl groups excluding tert-OH is 25. The molecule has 0 spiro atoms. The lowest BCUT2D eigenvalue weighted by molar-refractivity contribution is -0.385. The predicted octanol–water partition coefficient (Wildman–Crippen LogP) is -5.16. The molecular formula is C102H162O48. The molecule has 0 amide bonds. The van der Waals surface area contributed by atoms with Crippen LogP contribution < -0.4 is 0 Å². The second-order valence-electron chi connectivity index (χ2n) is 46.2. The first-order chi connectivity index (χ1) is 70.2. The van der Waals surface area contributed by atoms with Gasteiger partial charge in [0.05, 0.1) is 80.9 Å². The Hall–Kier alpha value is -4.57. The zero-order valence-electron chi connectivity index (χ0n) is 87.2. The van der Waals surface area contributed by atoms with Crippen molar-refractivity contribution in [1.29, 1.82) is 0 Å². The van der Waals surface area contributed by atoms with Gasteiger partial charge in [0.1, 0.15) is 182 Å². The third-order valence-corrected chi connectivity index (χ3v) is 35.6. The summed E-state index contributed by atoms with van der Waals surface area (Å²) in [6, 6.07) is 0. The molecule has 0 aromatic carbocycles. The monoisotopic (exact) mass is 2160 g/mol. The van der Waals surface area contributed by atoms with Crippen molar-refractivity contribution in [1.82, 2.24) is 0 Å². The third kappa shape index (κ3) is 23.3. The summed E-state index contributed by atoms with van der Waals surface area (Å²) in [5, 5.41) is 280. The molecule has 9 saturated heterocycles. The van der Waals surface area contributed by atoms with Crippen LogP contribution >= 0.6 is 0 Å². The largest absolute Gasteiger partial charge is 0.458 e. The molecule has 0 aromatic rings. The third-order valence-electron chi connectivity index (χ3n) is 35.6. The van der Waals surface area contributed by atoms with Crippen LogP contribution in [0.15, 0.2) is 60.3 Å². The van der Waals surface area contributed by atoms with Gasteiger partial charge in [-0.05, 0) is 165 Å². The van der Waals surface area contributed by atoms with E-state index in [1.54, 1.807) is 26.0 Å². The van der Waals surface area contributed by atoms with E-state index < -0.39 is 389 Å². The zero-order valence-corrected chi connectivity index (χ0v) is 87.2. The lowest BCUT2D eigenvalue weighted by atomic mass is 9.33. The number of hydrogen-bond acceptors (Lipinski definition) is 48. The Morgan fingerprint density at radius 1 is 0.413 bits per heavy atom. The summed E-state index contributed by atoms with van der Waals surface area (Å²) in [5.74, 6) is -4.41. The van der Waals surface area contributed by atoms with Crippen molar-refractivity contribution in [2.24, 2.45) is 50.2 Å². The number of hydrogen-bond donors (Lipinski definition) is 25. The smallest absolute Gasteiger partial charge is 0.333 e. The summed E-state index contributed by atoms with van der Waals surface area (Å²) >= 11 is 0. The highest BCUT2D eigenvalue weighted by atomic mass is 16.8. The fourth-order valence-electron chi connectivity index (χ4n) is 25.5. The van der Waals surface area contributed by atoms with Crippen molar-refractivity contribution in [3.05, 3.63) is 60.3 Å². The first kappa shape index (κ1) is 121. The highest BCUT2D eigenvalue weighted by Gasteiger charge is 2.75. The highest BCUT2D eigenvalue weighted by molar-refractivity contribution is 5.88. The van der Waals surface area contributed by atoms with Crippen molar-refractivity contribution in [3.63, 3.8) is 0 Å². The molecule has 14 aliphatic rings. The van der Waals surface area contributed by atoms with Crippen molar-refractivity contribution >= 4 is 17.9 Å². The maximum absolute atomic E-state index is 16.7. The van der Waals surface area contributed by atoms with Gasteiger partial charge in [0, 0.05) is 23.0 Å². The summed E-state index contributed by atoms with van der Waals surface area (Å²) < 4.78 is 122. The van der Waals surface area contributed by atoms with Gasteiger partial charge in [0.2, 0.25) is 6.29 Å². The van der Waals surface area contributed by atoms with Crippen LogP contribution in [0.25, 0.3) is 0 Å². The van der Waals surface area contributed by atoms with E-state index in [0.717, 1.165) is 5.57 Å². The van der Waals surface area contributed by atoms with Gasteiger partial charge in [0.25, 0.3) is 0 Å². The lowest BCUT2D eigenvalue weighted by Gasteiger charge is -2.72. The number of carbonyl (C=O) groups is 3. The maximum atomic E-state index is 16.7. The molecule has 55 atom stereocenters. The van der Waals surface area contributed by atoms with Crippen molar-refractivity contribution in [3.8, 4) is 0 Å². The molecule has 0 bridgehead atoms. The SMILES string of the molecule is C=C[C@@](C)(CC/C=C(\C)C(=O)O[C@H]1[C@H](O)[C@@H](O)[C@H](O[C@](C)(C=C)CC/C=C(\C)C(=O)O[C@H]2C[C@]3(C(=O)O[C@@H]4O[C@H](CO)[C@@H](O)[C@H](O)[C@H]4O[C@H]4O[C@H](C)[C@@H](O[C@@H]5OC[C@@H](O)[C@H](O)[C@H]5O)[C@H](O)[C@@H]4O)[C@H](O)C[C@]4(C)C(=CC[C@@H]5[C@@]6(C)CC[C@H](O[C@@H]7O[C@H](CO[C@@H]8O[C@H](C)[C@H](O)[C@H](O)[C@H]8O[C@@H]8OC[C@H](O)[C@H](O)[C@H]8O)[C@@H](O)[C@H](O)[C@H]7O[C@@H]7O[C@H](CO)[C@@H](O)[C@H](O)[C@H]7O)C(C)(C)[C@@H]6CC[C@]54C)[C@@H]3CC2(C)C)O[C@@H]1C)O[C@@H]1O[C@H](C)[C@@H](O)[C@H](O)[C@H]1O. The molecule has 25 N–H and O–H groups in total. The molecule has 9 aliphatic heterocycles. The fourth-order valence-corrected chi connectivity index (χ4v) is 25.5. The van der Waals surface area contributed by atoms with Gasteiger partial charge >= 0.3 is 17.9 Å². The van der Waals surface area contributed by atoms with Crippen LogP contribution in [0.3, 0.4) is 0 Å². The van der Waals surface area contributed by atoms with Crippen molar-refractivity contribution < 1.29 is 237 Å². The minimum atomic E-state index is -2.17. The number of fused-ring (bicyclic) bond motifs is 7. The normalized spacial score (nSPS) is 49.7. The van der Waals surface area contributed by atoms with Crippen molar-refractivity contribution in [2.45, 2.75) is 475 Å². The van der Waals surface area contributed by atoms with E-state index in [0.29, 0.717) is 25.7 Å².